The van der Waals surface area contributed by atoms with Gasteiger partial charge >= 0.3 is 0 Å². The van der Waals surface area contributed by atoms with E-state index in [0.717, 1.165) is 24.5 Å². The van der Waals surface area contributed by atoms with Gasteiger partial charge in [-0.05, 0) is 31.4 Å². The second-order valence-electron chi connectivity index (χ2n) is 7.01. The van der Waals surface area contributed by atoms with E-state index in [1.54, 1.807) is 0 Å². The van der Waals surface area contributed by atoms with Crippen molar-refractivity contribution < 1.29 is 14.3 Å². The average Bonchev–Trinajstić information content (AvgIpc) is 2.89. The van der Waals surface area contributed by atoms with E-state index in [9.17, 15) is 4.79 Å². The highest BCUT2D eigenvalue weighted by atomic mass is 16.5. The SMILES string of the molecule is NC(=O)CCOc1ccccc1N[C@@H]1[C@H]2CCO[C@@H]2C12CCC2. The van der Waals surface area contributed by atoms with Crippen LogP contribution in [0.5, 0.6) is 5.75 Å². The van der Waals surface area contributed by atoms with Gasteiger partial charge in [-0.2, -0.15) is 0 Å². The number of fused-ring (bicyclic) bond motifs is 2. The van der Waals surface area contributed by atoms with Crippen molar-refractivity contribution in [1.82, 2.24) is 0 Å². The summed E-state index contributed by atoms with van der Waals surface area (Å²) < 4.78 is 11.7. The molecule has 3 atom stereocenters. The molecule has 1 aliphatic heterocycles. The van der Waals surface area contributed by atoms with Crippen LogP contribution >= 0.6 is 0 Å². The van der Waals surface area contributed by atoms with Gasteiger partial charge in [-0.1, -0.05) is 18.6 Å². The molecule has 2 saturated carbocycles. The highest BCUT2D eigenvalue weighted by Gasteiger charge is 2.66. The molecule has 124 valence electrons. The summed E-state index contributed by atoms with van der Waals surface area (Å²) in [5, 5.41) is 3.73. The van der Waals surface area contributed by atoms with Gasteiger partial charge in [0, 0.05) is 24.0 Å². The average molecular weight is 316 g/mol. The monoisotopic (exact) mass is 316 g/mol. The zero-order valence-electron chi connectivity index (χ0n) is 13.3. The molecule has 3 N–H and O–H groups in total. The van der Waals surface area contributed by atoms with E-state index in [1.807, 2.05) is 18.2 Å². The van der Waals surface area contributed by atoms with Crippen molar-refractivity contribution in [1.29, 1.82) is 0 Å². The molecule has 0 bridgehead atoms. The molecule has 1 aromatic carbocycles. The molecule has 23 heavy (non-hydrogen) atoms. The third-order valence-corrected chi connectivity index (χ3v) is 5.84. The number of benzene rings is 1. The number of carbonyl (C=O) groups is 1. The number of carbonyl (C=O) groups excluding carboxylic acids is 1. The summed E-state index contributed by atoms with van der Waals surface area (Å²) in [5.41, 5.74) is 6.52. The van der Waals surface area contributed by atoms with Gasteiger partial charge in [-0.25, -0.2) is 0 Å². The molecule has 1 amide bonds. The maximum atomic E-state index is 10.9. The van der Waals surface area contributed by atoms with Gasteiger partial charge in [0.15, 0.2) is 0 Å². The van der Waals surface area contributed by atoms with Crippen molar-refractivity contribution in [2.45, 2.75) is 44.2 Å². The molecule has 3 fully saturated rings. The van der Waals surface area contributed by atoms with Crippen LogP contribution in [-0.2, 0) is 9.53 Å². The van der Waals surface area contributed by atoms with E-state index in [0.29, 0.717) is 30.1 Å². The number of ether oxygens (including phenoxy) is 2. The van der Waals surface area contributed by atoms with Crippen LogP contribution in [0.4, 0.5) is 5.69 Å². The Morgan fingerprint density at radius 3 is 2.96 bits per heavy atom. The van der Waals surface area contributed by atoms with Crippen molar-refractivity contribution in [3.05, 3.63) is 24.3 Å². The molecule has 1 heterocycles. The minimum absolute atomic E-state index is 0.236. The largest absolute Gasteiger partial charge is 0.491 e. The van der Waals surface area contributed by atoms with Crippen LogP contribution in [0, 0.1) is 11.3 Å². The van der Waals surface area contributed by atoms with Crippen LogP contribution in [0.1, 0.15) is 32.1 Å². The minimum atomic E-state index is -0.339. The molecule has 3 aliphatic rings. The van der Waals surface area contributed by atoms with Gasteiger partial charge in [0.1, 0.15) is 5.75 Å². The number of nitrogens with one attached hydrogen (secondary N) is 1. The molecule has 1 spiro atoms. The number of hydrogen-bond donors (Lipinski definition) is 2. The number of primary amides is 1. The highest BCUT2D eigenvalue weighted by Crippen LogP contribution is 2.63. The normalized spacial score (nSPS) is 30.2. The van der Waals surface area contributed by atoms with E-state index < -0.39 is 0 Å². The lowest BCUT2D eigenvalue weighted by atomic mass is 9.46. The summed E-state index contributed by atoms with van der Waals surface area (Å²) >= 11 is 0. The summed E-state index contributed by atoms with van der Waals surface area (Å²) in [6.45, 7) is 1.21. The summed E-state index contributed by atoms with van der Waals surface area (Å²) in [7, 11) is 0. The molecule has 5 nitrogen and oxygen atoms in total. The first kappa shape index (κ1) is 14.8. The number of nitrogens with two attached hydrogens (primary N) is 1. The van der Waals surface area contributed by atoms with E-state index in [-0.39, 0.29) is 12.3 Å². The molecule has 4 rings (SSSR count). The van der Waals surface area contributed by atoms with Crippen LogP contribution < -0.4 is 15.8 Å². The number of anilines is 1. The zero-order valence-corrected chi connectivity index (χ0v) is 13.3. The van der Waals surface area contributed by atoms with Crippen LogP contribution in [0.3, 0.4) is 0 Å². The Morgan fingerprint density at radius 1 is 1.39 bits per heavy atom. The Bertz CT molecular complexity index is 600. The Labute approximate surface area is 136 Å². The highest BCUT2D eigenvalue weighted by molar-refractivity contribution is 5.73. The molecule has 0 unspecified atom stereocenters. The fraction of sp³-hybridized carbons (Fsp3) is 0.611. The Hall–Kier alpha value is -1.75. The molecular formula is C18H24N2O3. The van der Waals surface area contributed by atoms with Crippen LogP contribution in [-0.4, -0.2) is 31.3 Å². The first-order valence-corrected chi connectivity index (χ1v) is 8.59. The number of amides is 1. The van der Waals surface area contributed by atoms with Crippen LogP contribution in [0.15, 0.2) is 24.3 Å². The van der Waals surface area contributed by atoms with Crippen LogP contribution in [0.25, 0.3) is 0 Å². The lowest BCUT2D eigenvalue weighted by molar-refractivity contribution is -0.158. The first-order chi connectivity index (χ1) is 11.2. The lowest BCUT2D eigenvalue weighted by Gasteiger charge is -2.63. The zero-order chi connectivity index (χ0) is 15.9. The van der Waals surface area contributed by atoms with Gasteiger partial charge in [0.2, 0.25) is 5.91 Å². The Morgan fingerprint density at radius 2 is 2.22 bits per heavy atom. The minimum Gasteiger partial charge on any atom is -0.491 e. The quantitative estimate of drug-likeness (QED) is 0.844. The smallest absolute Gasteiger partial charge is 0.220 e. The van der Waals surface area contributed by atoms with Gasteiger partial charge in [0.25, 0.3) is 0 Å². The van der Waals surface area contributed by atoms with E-state index in [4.69, 9.17) is 15.2 Å². The summed E-state index contributed by atoms with van der Waals surface area (Å²) in [5.74, 6) is 1.08. The standard InChI is InChI=1S/C18H24N2O3/c19-15(21)7-11-22-14-5-2-1-4-13(14)20-16-12-6-10-23-17(12)18(16)8-3-9-18/h1-2,4-5,12,16-17,20H,3,6-11H2,(H2,19,21)/t12-,16-,17+/m1/s1. The summed E-state index contributed by atoms with van der Waals surface area (Å²) in [6.07, 6.45) is 5.67. The van der Waals surface area contributed by atoms with Crippen molar-refractivity contribution in [3.63, 3.8) is 0 Å². The van der Waals surface area contributed by atoms with E-state index in [1.165, 1.54) is 19.3 Å². The molecule has 5 heteroatoms. The van der Waals surface area contributed by atoms with Crippen molar-refractivity contribution in [3.8, 4) is 5.75 Å². The maximum absolute atomic E-state index is 10.9. The number of para-hydroxylation sites is 2. The van der Waals surface area contributed by atoms with Gasteiger partial charge < -0.3 is 20.5 Å². The first-order valence-electron chi connectivity index (χ1n) is 8.59. The van der Waals surface area contributed by atoms with Gasteiger partial charge in [-0.3, -0.25) is 4.79 Å². The van der Waals surface area contributed by atoms with Crippen LogP contribution in [0.2, 0.25) is 0 Å². The number of hydrogen-bond acceptors (Lipinski definition) is 4. The van der Waals surface area contributed by atoms with Crippen molar-refractivity contribution in [2.24, 2.45) is 17.1 Å². The fourth-order valence-corrected chi connectivity index (χ4v) is 4.60. The molecule has 1 saturated heterocycles. The number of rotatable bonds is 6. The fourth-order valence-electron chi connectivity index (χ4n) is 4.60. The molecular weight excluding hydrogens is 292 g/mol. The van der Waals surface area contributed by atoms with Crippen molar-refractivity contribution in [2.75, 3.05) is 18.5 Å². The third-order valence-electron chi connectivity index (χ3n) is 5.84. The van der Waals surface area contributed by atoms with Gasteiger partial charge in [0.05, 0.1) is 24.8 Å². The van der Waals surface area contributed by atoms with E-state index in [2.05, 4.69) is 11.4 Å². The topological polar surface area (TPSA) is 73.6 Å². The summed E-state index contributed by atoms with van der Waals surface area (Å²) in [4.78, 5) is 10.9. The predicted molar refractivity (Wildman–Crippen MR) is 87.3 cm³/mol. The predicted octanol–water partition coefficient (Wildman–Crippen LogP) is 2.31. The second kappa shape index (κ2) is 5.71. The van der Waals surface area contributed by atoms with Gasteiger partial charge in [-0.15, -0.1) is 0 Å². The second-order valence-corrected chi connectivity index (χ2v) is 7.01. The molecule has 0 aromatic heterocycles. The molecule has 2 aliphatic carbocycles. The lowest BCUT2D eigenvalue weighted by Crippen LogP contribution is -2.68. The molecule has 0 radical (unpaired) electrons. The van der Waals surface area contributed by atoms with Crippen molar-refractivity contribution >= 4 is 11.6 Å². The summed E-state index contributed by atoms with van der Waals surface area (Å²) in [6, 6.07) is 8.43. The third kappa shape index (κ3) is 2.38. The maximum Gasteiger partial charge on any atom is 0.220 e. The Kier molecular flexibility index (Phi) is 3.68. The molecule has 1 aromatic rings. The van der Waals surface area contributed by atoms with E-state index >= 15 is 0 Å². The Balaban J connectivity index is 1.47.